The third kappa shape index (κ3) is 4.70. The summed E-state index contributed by atoms with van der Waals surface area (Å²) in [6.45, 7) is 7.13. The maximum Gasteiger partial charge on any atom is 0.253 e. The number of pyridine rings is 1. The number of thiocarbonyl (C=S) groups is 1. The number of aromatic nitrogens is 1. The molecule has 2 aliphatic rings. The molecule has 3 heterocycles. The Kier molecular flexibility index (Phi) is 6.43. The van der Waals surface area contributed by atoms with E-state index in [1.54, 1.807) is 0 Å². The highest BCUT2D eigenvalue weighted by atomic mass is 32.1. The Morgan fingerprint density at radius 2 is 2.03 bits per heavy atom. The van der Waals surface area contributed by atoms with Gasteiger partial charge in [0.1, 0.15) is 13.2 Å². The molecule has 4 rings (SSSR count). The van der Waals surface area contributed by atoms with E-state index in [0.717, 1.165) is 36.8 Å². The van der Waals surface area contributed by atoms with Gasteiger partial charge in [-0.05, 0) is 50.5 Å². The van der Waals surface area contributed by atoms with E-state index in [1.165, 1.54) is 0 Å². The second-order valence-corrected chi connectivity index (χ2v) is 8.37. The average molecular weight is 432 g/mol. The minimum absolute atomic E-state index is 0.122. The molecule has 2 aromatic rings. The van der Waals surface area contributed by atoms with Gasteiger partial charge in [-0.15, -0.1) is 0 Å². The fourth-order valence-corrected chi connectivity index (χ4v) is 4.11. The SMILES string of the molecule is CC[C@@H](C)NC(=S)N(Cc1cc2cc3c(cc2[nH]c1=O)OCCO3)C[C@@H]1CCCO1. The fourth-order valence-electron chi connectivity index (χ4n) is 3.77. The number of fused-ring (bicyclic) bond motifs is 2. The number of aromatic amines is 1. The number of ether oxygens (including phenoxy) is 3. The van der Waals surface area contributed by atoms with Crippen LogP contribution in [0.5, 0.6) is 11.5 Å². The number of nitrogens with zero attached hydrogens (tertiary/aromatic N) is 1. The third-order valence-electron chi connectivity index (χ3n) is 5.66. The summed E-state index contributed by atoms with van der Waals surface area (Å²) in [7, 11) is 0. The number of rotatable bonds is 6. The summed E-state index contributed by atoms with van der Waals surface area (Å²) in [4.78, 5) is 17.9. The third-order valence-corrected chi connectivity index (χ3v) is 6.04. The molecule has 0 radical (unpaired) electrons. The van der Waals surface area contributed by atoms with Crippen LogP contribution in [0.4, 0.5) is 0 Å². The summed E-state index contributed by atoms with van der Waals surface area (Å²) >= 11 is 5.68. The molecule has 0 unspecified atom stereocenters. The molecule has 8 heteroatoms. The van der Waals surface area contributed by atoms with Crippen molar-refractivity contribution in [2.75, 3.05) is 26.4 Å². The molecule has 2 atom stereocenters. The van der Waals surface area contributed by atoms with Crippen molar-refractivity contribution < 1.29 is 14.2 Å². The van der Waals surface area contributed by atoms with E-state index in [2.05, 4.69) is 24.1 Å². The van der Waals surface area contributed by atoms with Gasteiger partial charge in [0.05, 0.1) is 18.2 Å². The van der Waals surface area contributed by atoms with Crippen molar-refractivity contribution in [2.45, 2.75) is 51.8 Å². The van der Waals surface area contributed by atoms with Gasteiger partial charge in [0.25, 0.3) is 5.56 Å². The van der Waals surface area contributed by atoms with Crippen LogP contribution in [0.1, 0.15) is 38.7 Å². The van der Waals surface area contributed by atoms with Gasteiger partial charge in [-0.2, -0.15) is 0 Å². The monoisotopic (exact) mass is 431 g/mol. The van der Waals surface area contributed by atoms with Crippen LogP contribution in [0.2, 0.25) is 0 Å². The first kappa shape index (κ1) is 20.9. The van der Waals surface area contributed by atoms with Gasteiger partial charge in [0, 0.05) is 36.2 Å². The van der Waals surface area contributed by atoms with Gasteiger partial charge in [-0.1, -0.05) is 6.92 Å². The maximum atomic E-state index is 12.8. The highest BCUT2D eigenvalue weighted by Crippen LogP contribution is 2.33. The summed E-state index contributed by atoms with van der Waals surface area (Å²) in [6, 6.07) is 5.93. The molecule has 0 amide bonds. The molecule has 0 bridgehead atoms. The molecule has 0 spiro atoms. The van der Waals surface area contributed by atoms with Gasteiger partial charge >= 0.3 is 0 Å². The van der Waals surface area contributed by atoms with E-state index in [0.29, 0.717) is 48.5 Å². The molecular formula is C22H29N3O4S. The summed E-state index contributed by atoms with van der Waals surface area (Å²) in [5, 5.41) is 4.94. The molecule has 7 nitrogen and oxygen atoms in total. The molecular weight excluding hydrogens is 402 g/mol. The van der Waals surface area contributed by atoms with E-state index < -0.39 is 0 Å². The number of benzene rings is 1. The van der Waals surface area contributed by atoms with Gasteiger partial charge in [-0.25, -0.2) is 0 Å². The molecule has 0 saturated carbocycles. The molecule has 162 valence electrons. The lowest BCUT2D eigenvalue weighted by Gasteiger charge is -2.29. The largest absolute Gasteiger partial charge is 0.486 e. The molecule has 1 saturated heterocycles. The molecule has 30 heavy (non-hydrogen) atoms. The number of hydrogen-bond acceptors (Lipinski definition) is 5. The molecule has 1 fully saturated rings. The Bertz CT molecular complexity index is 971. The van der Waals surface area contributed by atoms with Crippen LogP contribution in [0, 0.1) is 0 Å². The summed E-state index contributed by atoms with van der Waals surface area (Å²) in [5.74, 6) is 1.37. The normalized spacial score (nSPS) is 18.9. The van der Waals surface area contributed by atoms with Crippen LogP contribution in [0.15, 0.2) is 23.0 Å². The minimum Gasteiger partial charge on any atom is -0.486 e. The lowest BCUT2D eigenvalue weighted by molar-refractivity contribution is 0.0895. The first-order valence-corrected chi connectivity index (χ1v) is 11.1. The molecule has 0 aliphatic carbocycles. The average Bonchev–Trinajstić information content (AvgIpc) is 3.25. The fraction of sp³-hybridized carbons (Fsp3) is 0.545. The summed E-state index contributed by atoms with van der Waals surface area (Å²) in [5.41, 5.74) is 1.27. The zero-order valence-electron chi connectivity index (χ0n) is 17.5. The number of nitrogens with one attached hydrogen (secondary N) is 2. The van der Waals surface area contributed by atoms with Crippen molar-refractivity contribution >= 4 is 28.2 Å². The van der Waals surface area contributed by atoms with Crippen LogP contribution >= 0.6 is 12.2 Å². The smallest absolute Gasteiger partial charge is 0.253 e. The van der Waals surface area contributed by atoms with Crippen molar-refractivity contribution in [1.82, 2.24) is 15.2 Å². The van der Waals surface area contributed by atoms with E-state index in [-0.39, 0.29) is 17.7 Å². The van der Waals surface area contributed by atoms with Crippen LogP contribution in [-0.2, 0) is 11.3 Å². The van der Waals surface area contributed by atoms with Crippen LogP contribution < -0.4 is 20.3 Å². The van der Waals surface area contributed by atoms with Crippen LogP contribution in [-0.4, -0.2) is 53.5 Å². The van der Waals surface area contributed by atoms with Crippen molar-refractivity contribution in [3.8, 4) is 11.5 Å². The lowest BCUT2D eigenvalue weighted by Crippen LogP contribution is -2.46. The first-order chi connectivity index (χ1) is 14.5. The Labute approximate surface area is 181 Å². The van der Waals surface area contributed by atoms with Gasteiger partial charge in [0.15, 0.2) is 16.6 Å². The predicted octanol–water partition coefficient (Wildman–Crippen LogP) is 2.95. The van der Waals surface area contributed by atoms with Crippen molar-refractivity contribution in [3.63, 3.8) is 0 Å². The molecule has 2 N–H and O–H groups in total. The maximum absolute atomic E-state index is 12.8. The second-order valence-electron chi connectivity index (χ2n) is 7.98. The standard InChI is InChI=1S/C22H29N3O4S/c1-3-14(2)23-22(30)25(13-17-5-4-6-27-17)12-16-9-15-10-19-20(29-8-7-28-19)11-18(15)24-21(16)26/h9-11,14,17H,3-8,12-13H2,1-2H3,(H,23,30)(H,24,26)/t14-,17+/m1/s1. The van der Waals surface area contributed by atoms with Crippen molar-refractivity contribution in [1.29, 1.82) is 0 Å². The number of hydrogen-bond donors (Lipinski definition) is 2. The molecule has 2 aliphatic heterocycles. The van der Waals surface area contributed by atoms with Gasteiger partial charge in [-0.3, -0.25) is 4.79 Å². The highest BCUT2D eigenvalue weighted by molar-refractivity contribution is 7.80. The van der Waals surface area contributed by atoms with Gasteiger partial charge < -0.3 is 29.4 Å². The van der Waals surface area contributed by atoms with E-state index in [9.17, 15) is 4.79 Å². The van der Waals surface area contributed by atoms with E-state index >= 15 is 0 Å². The van der Waals surface area contributed by atoms with E-state index in [4.69, 9.17) is 26.4 Å². The second kappa shape index (κ2) is 9.22. The Hall–Kier alpha value is -2.32. The first-order valence-electron chi connectivity index (χ1n) is 10.7. The lowest BCUT2D eigenvalue weighted by atomic mass is 10.1. The van der Waals surface area contributed by atoms with Crippen LogP contribution in [0.3, 0.4) is 0 Å². The summed E-state index contributed by atoms with van der Waals surface area (Å²) < 4.78 is 17.1. The van der Waals surface area contributed by atoms with Crippen molar-refractivity contribution in [2.24, 2.45) is 0 Å². The van der Waals surface area contributed by atoms with Gasteiger partial charge in [0.2, 0.25) is 0 Å². The Balaban J connectivity index is 1.61. The molecule has 1 aromatic carbocycles. The van der Waals surface area contributed by atoms with Crippen molar-refractivity contribution in [3.05, 3.63) is 34.1 Å². The Morgan fingerprint density at radius 1 is 1.27 bits per heavy atom. The molecule has 1 aromatic heterocycles. The Morgan fingerprint density at radius 3 is 2.73 bits per heavy atom. The minimum atomic E-state index is -0.122. The predicted molar refractivity (Wildman–Crippen MR) is 120 cm³/mol. The zero-order valence-corrected chi connectivity index (χ0v) is 18.3. The number of H-pyrrole nitrogens is 1. The van der Waals surface area contributed by atoms with E-state index in [1.807, 2.05) is 23.1 Å². The highest BCUT2D eigenvalue weighted by Gasteiger charge is 2.23. The summed E-state index contributed by atoms with van der Waals surface area (Å²) in [6.07, 6.45) is 3.18. The zero-order chi connectivity index (χ0) is 21.1. The quantitative estimate of drug-likeness (QED) is 0.681. The topological polar surface area (TPSA) is 75.8 Å². The van der Waals surface area contributed by atoms with Crippen LogP contribution in [0.25, 0.3) is 10.9 Å².